The van der Waals surface area contributed by atoms with Gasteiger partial charge in [0.05, 0.1) is 0 Å². The van der Waals surface area contributed by atoms with E-state index in [1.165, 1.54) is 0 Å². The fourth-order valence-corrected chi connectivity index (χ4v) is 3.08. The quantitative estimate of drug-likeness (QED) is 0.590. The molecule has 3 aromatic carbocycles. The predicted molar refractivity (Wildman–Crippen MR) is 108 cm³/mol. The van der Waals surface area contributed by atoms with Gasteiger partial charge in [0.2, 0.25) is 5.91 Å². The molecular weight excluding hydrogens is 342 g/mol. The van der Waals surface area contributed by atoms with Crippen molar-refractivity contribution in [2.45, 2.75) is 11.0 Å². The molecule has 0 spiro atoms. The number of benzene rings is 3. The van der Waals surface area contributed by atoms with E-state index in [-0.39, 0.29) is 18.6 Å². The largest absolute Gasteiger partial charge is 0.359 e. The van der Waals surface area contributed by atoms with Crippen LogP contribution in [0.2, 0.25) is 0 Å². The van der Waals surface area contributed by atoms with Gasteiger partial charge in [-0.1, -0.05) is 60.7 Å². The van der Waals surface area contributed by atoms with E-state index >= 15 is 0 Å². The second-order valence-corrected chi connectivity index (χ2v) is 6.67. The van der Waals surface area contributed by atoms with E-state index in [4.69, 9.17) is 4.74 Å². The molecule has 3 aromatic rings. The summed E-state index contributed by atoms with van der Waals surface area (Å²) in [6.07, 6.45) is 1.75. The monoisotopic (exact) mass is 363 g/mol. The van der Waals surface area contributed by atoms with Crippen LogP contribution in [0.25, 0.3) is 0 Å². The van der Waals surface area contributed by atoms with E-state index in [0.29, 0.717) is 0 Å². The third-order valence-electron chi connectivity index (χ3n) is 3.96. The minimum Gasteiger partial charge on any atom is -0.359 e. The maximum Gasteiger partial charge on any atom is 0.250 e. The van der Waals surface area contributed by atoms with Crippen LogP contribution in [0.3, 0.4) is 0 Å². The highest BCUT2D eigenvalue weighted by Crippen LogP contribution is 2.25. The van der Waals surface area contributed by atoms with Crippen LogP contribution in [0.1, 0.15) is 17.2 Å². The minimum absolute atomic E-state index is 0.0151. The van der Waals surface area contributed by atoms with Crippen molar-refractivity contribution >= 4 is 23.4 Å². The van der Waals surface area contributed by atoms with Crippen LogP contribution >= 0.6 is 11.8 Å². The molecule has 3 rings (SSSR count). The predicted octanol–water partition coefficient (Wildman–Crippen LogP) is 5.15. The highest BCUT2D eigenvalue weighted by molar-refractivity contribution is 7.98. The number of carbonyl (C=O) groups is 1. The van der Waals surface area contributed by atoms with Gasteiger partial charge in [-0.3, -0.25) is 4.79 Å². The number of rotatable bonds is 7. The number of hydrogen-bond acceptors (Lipinski definition) is 3. The third-order valence-corrected chi connectivity index (χ3v) is 4.70. The lowest BCUT2D eigenvalue weighted by molar-refractivity contribution is -0.121. The summed E-state index contributed by atoms with van der Waals surface area (Å²) in [4.78, 5) is 13.5. The normalized spacial score (nSPS) is 10.7. The van der Waals surface area contributed by atoms with Crippen molar-refractivity contribution in [3.63, 3.8) is 0 Å². The number of nitrogens with one attached hydrogen (secondary N) is 1. The van der Waals surface area contributed by atoms with E-state index < -0.39 is 0 Å². The van der Waals surface area contributed by atoms with Crippen molar-refractivity contribution in [3.8, 4) is 0 Å². The van der Waals surface area contributed by atoms with Gasteiger partial charge in [-0.2, -0.15) is 0 Å². The molecular formula is C22H21NO2S. The smallest absolute Gasteiger partial charge is 0.250 e. The van der Waals surface area contributed by atoms with E-state index in [1.807, 2.05) is 91.2 Å². The van der Waals surface area contributed by atoms with Gasteiger partial charge in [0.25, 0.3) is 0 Å². The molecule has 0 saturated carbocycles. The number of thioether (sulfide) groups is 1. The molecule has 0 aliphatic rings. The Labute approximate surface area is 158 Å². The molecule has 3 nitrogen and oxygen atoms in total. The van der Waals surface area contributed by atoms with Gasteiger partial charge in [-0.15, -0.1) is 11.8 Å². The van der Waals surface area contributed by atoms with Crippen LogP contribution < -0.4 is 5.32 Å². The van der Waals surface area contributed by atoms with Gasteiger partial charge < -0.3 is 10.1 Å². The van der Waals surface area contributed by atoms with Crippen molar-refractivity contribution in [1.29, 1.82) is 0 Å². The summed E-state index contributed by atoms with van der Waals surface area (Å²) in [5, 5.41) is 2.88. The van der Waals surface area contributed by atoms with E-state index in [2.05, 4.69) is 5.32 Å². The molecule has 0 aliphatic heterocycles. The van der Waals surface area contributed by atoms with Crippen molar-refractivity contribution in [1.82, 2.24) is 0 Å². The summed E-state index contributed by atoms with van der Waals surface area (Å²) in [7, 11) is 0. The second kappa shape index (κ2) is 9.22. The van der Waals surface area contributed by atoms with Crippen LogP contribution in [0, 0.1) is 0 Å². The average molecular weight is 363 g/mol. The maximum atomic E-state index is 12.3. The van der Waals surface area contributed by atoms with Crippen molar-refractivity contribution in [2.75, 3.05) is 18.2 Å². The average Bonchev–Trinajstić information content (AvgIpc) is 2.70. The first-order valence-electron chi connectivity index (χ1n) is 8.41. The topological polar surface area (TPSA) is 38.3 Å². The van der Waals surface area contributed by atoms with Crippen LogP contribution in [0.15, 0.2) is 89.8 Å². The fraction of sp³-hybridized carbons (Fsp3) is 0.136. The highest BCUT2D eigenvalue weighted by Gasteiger charge is 2.16. The number of ether oxygens (including phenoxy) is 1. The molecule has 26 heavy (non-hydrogen) atoms. The highest BCUT2D eigenvalue weighted by atomic mass is 32.2. The summed E-state index contributed by atoms with van der Waals surface area (Å²) >= 11 is 1.67. The zero-order chi connectivity index (χ0) is 18.2. The van der Waals surface area contributed by atoms with Crippen molar-refractivity contribution in [3.05, 3.63) is 96.1 Å². The van der Waals surface area contributed by atoms with Gasteiger partial charge >= 0.3 is 0 Å². The lowest BCUT2D eigenvalue weighted by Crippen LogP contribution is -2.20. The van der Waals surface area contributed by atoms with Crippen molar-refractivity contribution < 1.29 is 9.53 Å². The maximum absolute atomic E-state index is 12.3. The summed E-state index contributed by atoms with van der Waals surface area (Å²) < 4.78 is 5.98. The second-order valence-electron chi connectivity index (χ2n) is 5.79. The molecule has 4 heteroatoms. The molecule has 0 aromatic heterocycles. The van der Waals surface area contributed by atoms with Gasteiger partial charge in [0, 0.05) is 10.6 Å². The van der Waals surface area contributed by atoms with Gasteiger partial charge in [0.1, 0.15) is 12.7 Å². The molecule has 1 amide bonds. The Kier molecular flexibility index (Phi) is 6.47. The summed E-state index contributed by atoms with van der Waals surface area (Å²) in [6, 6.07) is 27.6. The molecule has 0 saturated heterocycles. The van der Waals surface area contributed by atoms with Crippen LogP contribution in [-0.4, -0.2) is 18.8 Å². The molecule has 0 unspecified atom stereocenters. The Morgan fingerprint density at radius 1 is 0.885 bits per heavy atom. The lowest BCUT2D eigenvalue weighted by atomic mass is 10.0. The molecule has 0 atom stereocenters. The first kappa shape index (κ1) is 18.2. The number of amides is 1. The lowest BCUT2D eigenvalue weighted by Gasteiger charge is -2.19. The van der Waals surface area contributed by atoms with E-state index in [0.717, 1.165) is 21.7 Å². The zero-order valence-electron chi connectivity index (χ0n) is 14.6. The first-order valence-corrected chi connectivity index (χ1v) is 9.64. The molecule has 132 valence electrons. The first-order chi connectivity index (χ1) is 12.8. The van der Waals surface area contributed by atoms with Gasteiger partial charge in [-0.05, 0) is 41.6 Å². The Bertz CT molecular complexity index is 780. The molecule has 0 bridgehead atoms. The molecule has 0 aliphatic carbocycles. The summed E-state index contributed by atoms with van der Waals surface area (Å²) in [5.74, 6) is -0.168. The molecule has 0 radical (unpaired) electrons. The van der Waals surface area contributed by atoms with Gasteiger partial charge in [0.15, 0.2) is 0 Å². The van der Waals surface area contributed by atoms with E-state index in [9.17, 15) is 4.79 Å². The zero-order valence-corrected chi connectivity index (χ0v) is 15.4. The Morgan fingerprint density at radius 3 is 1.92 bits per heavy atom. The van der Waals surface area contributed by atoms with Crippen LogP contribution in [-0.2, 0) is 9.53 Å². The Morgan fingerprint density at radius 2 is 1.42 bits per heavy atom. The van der Waals surface area contributed by atoms with E-state index in [1.54, 1.807) is 11.8 Å². The summed E-state index contributed by atoms with van der Waals surface area (Å²) in [5.41, 5.74) is 2.82. The molecule has 0 heterocycles. The SMILES string of the molecule is CSc1ccc(NC(=O)COC(c2ccccc2)c2ccccc2)cc1. The third kappa shape index (κ3) is 4.97. The standard InChI is InChI=1S/C22H21NO2S/c1-26-20-14-12-19(13-15-20)23-21(24)16-25-22(17-8-4-2-5-9-17)18-10-6-3-7-11-18/h2-15,22H,16H2,1H3,(H,23,24). The molecule has 1 N–H and O–H groups in total. The Balaban J connectivity index is 1.66. The number of carbonyl (C=O) groups excluding carboxylic acids is 1. The molecule has 0 fully saturated rings. The van der Waals surface area contributed by atoms with Crippen LogP contribution in [0.5, 0.6) is 0 Å². The summed E-state index contributed by atoms with van der Waals surface area (Å²) in [6.45, 7) is -0.0151. The number of anilines is 1. The Hall–Kier alpha value is -2.56. The van der Waals surface area contributed by atoms with Gasteiger partial charge in [-0.25, -0.2) is 0 Å². The van der Waals surface area contributed by atoms with Crippen molar-refractivity contribution in [2.24, 2.45) is 0 Å². The fourth-order valence-electron chi connectivity index (χ4n) is 2.67. The number of hydrogen-bond donors (Lipinski definition) is 1. The minimum atomic E-state index is -0.276. The van der Waals surface area contributed by atoms with Crippen LogP contribution in [0.4, 0.5) is 5.69 Å².